The molecule has 1 aliphatic heterocycles. The number of aromatic nitrogens is 1. The topological polar surface area (TPSA) is 109 Å². The highest BCUT2D eigenvalue weighted by atomic mass is 16.6. The van der Waals surface area contributed by atoms with Crippen LogP contribution in [-0.4, -0.2) is 33.2 Å². The maximum absolute atomic E-state index is 11.3. The van der Waals surface area contributed by atoms with Gasteiger partial charge in [-0.3, -0.25) is 14.9 Å². The number of pyridine rings is 1. The number of hydrazone groups is 1. The molecule has 0 spiro atoms. The van der Waals surface area contributed by atoms with E-state index >= 15 is 0 Å². The van der Waals surface area contributed by atoms with Crippen LogP contribution in [0, 0.1) is 15.5 Å². The third-order valence-corrected chi connectivity index (χ3v) is 3.21. The standard InChI is InChI=1S/C11H12N4O4/c1-7-11(2,10(16)17)6-14(13-7)9-8(15(18)19)4-3-5-12-9/h3-5H,6H2,1-2H3,(H,16,17). The van der Waals surface area contributed by atoms with Crippen LogP contribution in [0.1, 0.15) is 13.8 Å². The van der Waals surface area contributed by atoms with E-state index in [9.17, 15) is 20.0 Å². The molecule has 1 aromatic heterocycles. The Kier molecular flexibility index (Phi) is 2.93. The van der Waals surface area contributed by atoms with Gasteiger partial charge in [0.1, 0.15) is 5.41 Å². The van der Waals surface area contributed by atoms with Crippen LogP contribution >= 0.6 is 0 Å². The Bertz CT molecular complexity index is 586. The summed E-state index contributed by atoms with van der Waals surface area (Å²) in [4.78, 5) is 25.6. The van der Waals surface area contributed by atoms with E-state index in [1.807, 2.05) is 0 Å². The highest BCUT2D eigenvalue weighted by Crippen LogP contribution is 2.34. The fraction of sp³-hybridized carbons (Fsp3) is 0.364. The van der Waals surface area contributed by atoms with Crippen molar-refractivity contribution in [2.75, 3.05) is 11.6 Å². The lowest BCUT2D eigenvalue weighted by Gasteiger charge is -2.19. The summed E-state index contributed by atoms with van der Waals surface area (Å²) in [5, 5.41) is 25.5. The second-order valence-corrected chi connectivity index (χ2v) is 4.48. The van der Waals surface area contributed by atoms with Gasteiger partial charge < -0.3 is 5.11 Å². The molecule has 1 N–H and O–H groups in total. The Hall–Kier alpha value is -2.51. The third kappa shape index (κ3) is 2.01. The molecule has 1 atom stereocenters. The molecule has 0 bridgehead atoms. The van der Waals surface area contributed by atoms with E-state index in [1.54, 1.807) is 6.92 Å². The van der Waals surface area contributed by atoms with Gasteiger partial charge in [0.25, 0.3) is 0 Å². The summed E-state index contributed by atoms with van der Waals surface area (Å²) < 4.78 is 0. The van der Waals surface area contributed by atoms with Crippen LogP contribution in [0.3, 0.4) is 0 Å². The molecule has 1 unspecified atom stereocenters. The molecule has 0 radical (unpaired) electrons. The number of carboxylic acid groups (broad SMARTS) is 1. The molecule has 8 nitrogen and oxygen atoms in total. The number of hydrogen-bond donors (Lipinski definition) is 1. The van der Waals surface area contributed by atoms with Crippen LogP contribution in [0.5, 0.6) is 0 Å². The summed E-state index contributed by atoms with van der Waals surface area (Å²) in [6, 6.07) is 2.76. The monoisotopic (exact) mass is 264 g/mol. The predicted molar refractivity (Wildman–Crippen MR) is 67.1 cm³/mol. The minimum absolute atomic E-state index is 0.0199. The van der Waals surface area contributed by atoms with Crippen LogP contribution in [0.25, 0.3) is 0 Å². The van der Waals surface area contributed by atoms with Crippen LogP contribution < -0.4 is 5.01 Å². The van der Waals surface area contributed by atoms with E-state index in [0.717, 1.165) is 0 Å². The van der Waals surface area contributed by atoms with E-state index in [0.29, 0.717) is 5.71 Å². The number of rotatable bonds is 3. The van der Waals surface area contributed by atoms with Crippen molar-refractivity contribution < 1.29 is 14.8 Å². The Balaban J connectivity index is 2.42. The second-order valence-electron chi connectivity index (χ2n) is 4.48. The zero-order chi connectivity index (χ0) is 14.2. The zero-order valence-corrected chi connectivity index (χ0v) is 10.4. The first kappa shape index (κ1) is 12.9. The molecule has 0 aromatic carbocycles. The molecule has 0 amide bonds. The van der Waals surface area contributed by atoms with Gasteiger partial charge in [0.05, 0.1) is 17.2 Å². The Morgan fingerprint density at radius 3 is 2.84 bits per heavy atom. The molecule has 0 aliphatic carbocycles. The highest BCUT2D eigenvalue weighted by Gasteiger charge is 2.44. The quantitative estimate of drug-likeness (QED) is 0.650. The predicted octanol–water partition coefficient (Wildman–Crippen LogP) is 1.28. The number of carbonyl (C=O) groups is 1. The molecular formula is C11H12N4O4. The Morgan fingerprint density at radius 1 is 1.63 bits per heavy atom. The van der Waals surface area contributed by atoms with Crippen LogP contribution in [0.15, 0.2) is 23.4 Å². The van der Waals surface area contributed by atoms with Crippen LogP contribution in [0.4, 0.5) is 11.5 Å². The molecule has 8 heteroatoms. The highest BCUT2D eigenvalue weighted by molar-refractivity contribution is 6.07. The van der Waals surface area contributed by atoms with Gasteiger partial charge in [-0.15, -0.1) is 0 Å². The van der Waals surface area contributed by atoms with Gasteiger partial charge in [-0.25, -0.2) is 9.99 Å². The molecule has 100 valence electrons. The first-order valence-corrected chi connectivity index (χ1v) is 5.52. The average molecular weight is 264 g/mol. The molecule has 0 saturated carbocycles. The zero-order valence-electron chi connectivity index (χ0n) is 10.4. The fourth-order valence-electron chi connectivity index (χ4n) is 1.82. The first-order chi connectivity index (χ1) is 8.86. The summed E-state index contributed by atoms with van der Waals surface area (Å²) in [6.45, 7) is 3.14. The van der Waals surface area contributed by atoms with Gasteiger partial charge in [-0.05, 0) is 19.9 Å². The number of aliphatic carboxylic acids is 1. The lowest BCUT2D eigenvalue weighted by molar-refractivity contribution is -0.384. The smallest absolute Gasteiger partial charge is 0.317 e. The van der Waals surface area contributed by atoms with Gasteiger partial charge >= 0.3 is 11.7 Å². The molecular weight excluding hydrogens is 252 g/mol. The summed E-state index contributed by atoms with van der Waals surface area (Å²) in [7, 11) is 0. The Labute approximate surface area is 108 Å². The lowest BCUT2D eigenvalue weighted by Crippen LogP contribution is -2.38. The maximum atomic E-state index is 11.3. The van der Waals surface area contributed by atoms with Gasteiger partial charge in [-0.2, -0.15) is 5.10 Å². The minimum atomic E-state index is -1.16. The number of carboxylic acids is 1. The molecule has 1 aromatic rings. The fourth-order valence-corrected chi connectivity index (χ4v) is 1.82. The van der Waals surface area contributed by atoms with Gasteiger partial charge in [-0.1, -0.05) is 0 Å². The van der Waals surface area contributed by atoms with E-state index in [1.165, 1.54) is 30.3 Å². The van der Waals surface area contributed by atoms with Crippen molar-refractivity contribution in [3.05, 3.63) is 28.4 Å². The van der Waals surface area contributed by atoms with Crippen molar-refractivity contribution in [2.24, 2.45) is 10.5 Å². The SMILES string of the molecule is CC1=NN(c2ncccc2[N+](=O)[O-])CC1(C)C(=O)O. The first-order valence-electron chi connectivity index (χ1n) is 5.52. The van der Waals surface area contributed by atoms with E-state index in [4.69, 9.17) is 0 Å². The minimum Gasteiger partial charge on any atom is -0.480 e. The average Bonchev–Trinajstić information content (AvgIpc) is 2.67. The summed E-state index contributed by atoms with van der Waals surface area (Å²) in [6.07, 6.45) is 1.41. The molecule has 2 heterocycles. The number of hydrogen-bond acceptors (Lipinski definition) is 6. The molecule has 2 rings (SSSR count). The molecule has 0 fully saturated rings. The van der Waals surface area contributed by atoms with Crippen molar-refractivity contribution in [2.45, 2.75) is 13.8 Å². The number of nitrogens with zero attached hydrogens (tertiary/aromatic N) is 4. The van der Waals surface area contributed by atoms with Crippen molar-refractivity contribution >= 4 is 23.2 Å². The van der Waals surface area contributed by atoms with Gasteiger partial charge in [0, 0.05) is 12.3 Å². The Morgan fingerprint density at radius 2 is 2.32 bits per heavy atom. The van der Waals surface area contributed by atoms with E-state index < -0.39 is 16.3 Å². The van der Waals surface area contributed by atoms with Crippen molar-refractivity contribution in [3.63, 3.8) is 0 Å². The summed E-state index contributed by atoms with van der Waals surface area (Å²) in [5.41, 5.74) is -0.973. The lowest BCUT2D eigenvalue weighted by atomic mass is 9.87. The van der Waals surface area contributed by atoms with Crippen molar-refractivity contribution in [1.82, 2.24) is 4.98 Å². The van der Waals surface area contributed by atoms with Crippen molar-refractivity contribution in [1.29, 1.82) is 0 Å². The largest absolute Gasteiger partial charge is 0.480 e. The van der Waals surface area contributed by atoms with Crippen LogP contribution in [-0.2, 0) is 4.79 Å². The van der Waals surface area contributed by atoms with E-state index in [2.05, 4.69) is 10.1 Å². The summed E-state index contributed by atoms with van der Waals surface area (Å²) in [5.74, 6) is -0.966. The molecule has 1 aliphatic rings. The normalized spacial score (nSPS) is 22.2. The van der Waals surface area contributed by atoms with Gasteiger partial charge in [0.15, 0.2) is 0 Å². The third-order valence-electron chi connectivity index (χ3n) is 3.21. The van der Waals surface area contributed by atoms with Crippen molar-refractivity contribution in [3.8, 4) is 0 Å². The molecule has 19 heavy (non-hydrogen) atoms. The number of anilines is 1. The molecule has 0 saturated heterocycles. The van der Waals surface area contributed by atoms with Crippen LogP contribution in [0.2, 0.25) is 0 Å². The maximum Gasteiger partial charge on any atom is 0.317 e. The summed E-state index contributed by atoms with van der Waals surface area (Å²) >= 11 is 0. The number of nitro groups is 1. The van der Waals surface area contributed by atoms with E-state index in [-0.39, 0.29) is 18.1 Å². The van der Waals surface area contributed by atoms with Gasteiger partial charge in [0.2, 0.25) is 5.82 Å². The second kappa shape index (κ2) is 4.30.